The van der Waals surface area contributed by atoms with Crippen molar-refractivity contribution < 1.29 is 26.1 Å². The van der Waals surface area contributed by atoms with E-state index in [1.165, 1.54) is 24.4 Å². The molecule has 28 heavy (non-hydrogen) atoms. The second-order valence-electron chi connectivity index (χ2n) is 6.93. The molecule has 0 radical (unpaired) electrons. The molecular formula is C18H16F3N3O3S. The van der Waals surface area contributed by atoms with Crippen molar-refractivity contribution in [2.24, 2.45) is 0 Å². The molecule has 0 atom stereocenters. The van der Waals surface area contributed by atoms with Crippen LogP contribution in [0.4, 0.5) is 13.2 Å². The highest BCUT2D eigenvalue weighted by atomic mass is 32.2. The van der Waals surface area contributed by atoms with Gasteiger partial charge in [0.2, 0.25) is 10.0 Å². The lowest BCUT2D eigenvalue weighted by molar-refractivity contribution is -0.160. The molecule has 1 fully saturated rings. The summed E-state index contributed by atoms with van der Waals surface area (Å²) in [5.41, 5.74) is -0.477. The first-order valence-electron chi connectivity index (χ1n) is 8.47. The summed E-state index contributed by atoms with van der Waals surface area (Å²) in [5, 5.41) is 4.10. The topological polar surface area (TPSA) is 85.1 Å². The number of nitrogens with zero attached hydrogens (tertiary/aromatic N) is 2. The van der Waals surface area contributed by atoms with Crippen molar-refractivity contribution in [1.29, 1.82) is 0 Å². The molecule has 6 nitrogen and oxygen atoms in total. The third kappa shape index (κ3) is 2.96. The number of hydrogen-bond donors (Lipinski definition) is 1. The van der Waals surface area contributed by atoms with E-state index in [0.717, 1.165) is 0 Å². The van der Waals surface area contributed by atoms with Crippen molar-refractivity contribution in [1.82, 2.24) is 14.9 Å². The number of sulfonamides is 1. The van der Waals surface area contributed by atoms with Gasteiger partial charge in [-0.1, -0.05) is 5.16 Å². The van der Waals surface area contributed by atoms with E-state index in [1.54, 1.807) is 19.9 Å². The number of hydrogen-bond acceptors (Lipinski definition) is 5. The monoisotopic (exact) mass is 411 g/mol. The molecule has 148 valence electrons. The molecule has 0 saturated heterocycles. The van der Waals surface area contributed by atoms with Crippen molar-refractivity contribution in [3.63, 3.8) is 0 Å². The molecular weight excluding hydrogens is 395 g/mol. The second-order valence-corrected chi connectivity index (χ2v) is 8.58. The van der Waals surface area contributed by atoms with Crippen molar-refractivity contribution in [3.8, 4) is 11.1 Å². The van der Waals surface area contributed by atoms with E-state index < -0.39 is 21.7 Å². The molecule has 3 aromatic rings. The van der Waals surface area contributed by atoms with Crippen LogP contribution in [-0.2, 0) is 10.0 Å². The second kappa shape index (κ2) is 6.02. The van der Waals surface area contributed by atoms with Crippen molar-refractivity contribution in [2.45, 2.75) is 43.3 Å². The van der Waals surface area contributed by atoms with Crippen LogP contribution >= 0.6 is 0 Å². The Bertz CT molecular complexity index is 1160. The van der Waals surface area contributed by atoms with E-state index in [1.807, 2.05) is 4.72 Å². The zero-order valence-corrected chi connectivity index (χ0v) is 15.8. The van der Waals surface area contributed by atoms with Crippen LogP contribution in [0.1, 0.15) is 24.3 Å². The fraction of sp³-hybridized carbons (Fsp3) is 0.333. The third-order valence-electron chi connectivity index (χ3n) is 4.92. The summed E-state index contributed by atoms with van der Waals surface area (Å²) in [4.78, 5) is 3.92. The molecule has 10 heteroatoms. The average molecular weight is 411 g/mol. The summed E-state index contributed by atoms with van der Waals surface area (Å²) in [6.07, 6.45) is -3.74. The van der Waals surface area contributed by atoms with Gasteiger partial charge in [-0.2, -0.15) is 17.9 Å². The summed E-state index contributed by atoms with van der Waals surface area (Å²) >= 11 is 0. The largest absolute Gasteiger partial charge is 0.407 e. The molecule has 1 N–H and O–H groups in total. The molecule has 2 aromatic heterocycles. The van der Waals surface area contributed by atoms with Gasteiger partial charge in [0.15, 0.2) is 0 Å². The van der Waals surface area contributed by atoms with Crippen LogP contribution in [0.5, 0.6) is 0 Å². The highest BCUT2D eigenvalue weighted by Crippen LogP contribution is 2.50. The minimum absolute atomic E-state index is 0.239. The number of benzene rings is 1. The van der Waals surface area contributed by atoms with Crippen LogP contribution < -0.4 is 4.72 Å². The molecule has 4 rings (SSSR count). The minimum atomic E-state index is -4.66. The molecule has 0 spiro atoms. The first-order chi connectivity index (χ1) is 13.0. The maximum atomic E-state index is 13.3. The SMILES string of the molecule is Cc1noc(C)c1-c1cc(S(=O)(=O)NC2(C(F)(F)F)CC2)c2cccnc2c1. The Morgan fingerprint density at radius 2 is 1.93 bits per heavy atom. The van der Waals surface area contributed by atoms with Gasteiger partial charge in [-0.3, -0.25) is 4.98 Å². The Kier molecular flexibility index (Phi) is 4.06. The quantitative estimate of drug-likeness (QED) is 0.704. The number of pyridine rings is 1. The summed E-state index contributed by atoms with van der Waals surface area (Å²) in [7, 11) is -4.47. The number of fused-ring (bicyclic) bond motifs is 1. The predicted molar refractivity (Wildman–Crippen MR) is 95.1 cm³/mol. The van der Waals surface area contributed by atoms with Crippen LogP contribution in [0.15, 0.2) is 39.9 Å². The molecule has 2 heterocycles. The molecule has 0 unspecified atom stereocenters. The summed E-state index contributed by atoms with van der Waals surface area (Å²) in [6, 6.07) is 6.05. The van der Waals surface area contributed by atoms with Gasteiger partial charge in [-0.25, -0.2) is 8.42 Å². The lowest BCUT2D eigenvalue weighted by atomic mass is 10.0. The smallest absolute Gasteiger partial charge is 0.361 e. The Hall–Kier alpha value is -2.46. The highest BCUT2D eigenvalue weighted by Gasteiger charge is 2.65. The number of aryl methyl sites for hydroxylation is 2. The lowest BCUT2D eigenvalue weighted by Gasteiger charge is -2.21. The van der Waals surface area contributed by atoms with Crippen LogP contribution in [0.3, 0.4) is 0 Å². The van der Waals surface area contributed by atoms with E-state index in [4.69, 9.17) is 4.52 Å². The number of halogens is 3. The zero-order valence-electron chi connectivity index (χ0n) is 15.0. The fourth-order valence-electron chi connectivity index (χ4n) is 3.29. The molecule has 1 aromatic carbocycles. The van der Waals surface area contributed by atoms with Gasteiger partial charge in [-0.05, 0) is 56.5 Å². The maximum absolute atomic E-state index is 13.3. The standard InChI is InChI=1S/C18H16F3N3O3S/c1-10-16(11(2)27-23-10)12-8-14-13(4-3-7-22-14)15(9-12)28(25,26)24-17(5-6-17)18(19,20)21/h3-4,7-9,24H,5-6H2,1-2H3. The minimum Gasteiger partial charge on any atom is -0.361 e. The van der Waals surface area contributed by atoms with E-state index in [2.05, 4.69) is 10.1 Å². The maximum Gasteiger partial charge on any atom is 0.407 e. The van der Waals surface area contributed by atoms with E-state index in [9.17, 15) is 21.6 Å². The van der Waals surface area contributed by atoms with E-state index in [-0.39, 0.29) is 23.1 Å². The van der Waals surface area contributed by atoms with Crippen molar-refractivity contribution >= 4 is 20.9 Å². The molecule has 1 aliphatic rings. The third-order valence-corrected chi connectivity index (χ3v) is 6.49. The zero-order chi connectivity index (χ0) is 20.3. The molecule has 0 amide bonds. The number of rotatable bonds is 4. The number of aromatic nitrogens is 2. The van der Waals surface area contributed by atoms with E-state index >= 15 is 0 Å². The Balaban J connectivity index is 1.91. The van der Waals surface area contributed by atoms with E-state index in [0.29, 0.717) is 28.1 Å². The van der Waals surface area contributed by atoms with Gasteiger partial charge in [0, 0.05) is 17.1 Å². The fourth-order valence-corrected chi connectivity index (χ4v) is 4.98. The number of alkyl halides is 3. The first-order valence-corrected chi connectivity index (χ1v) is 9.95. The van der Waals surface area contributed by atoms with Crippen LogP contribution in [0, 0.1) is 13.8 Å². The summed E-state index contributed by atoms with van der Waals surface area (Å²) in [5.74, 6) is 0.470. The van der Waals surface area contributed by atoms with Crippen LogP contribution in [-0.4, -0.2) is 30.3 Å². The molecule has 0 aliphatic heterocycles. The Morgan fingerprint density at radius 3 is 2.50 bits per heavy atom. The van der Waals surface area contributed by atoms with Gasteiger partial charge in [-0.15, -0.1) is 0 Å². The predicted octanol–water partition coefficient (Wildman–Crippen LogP) is 3.88. The summed E-state index contributed by atoms with van der Waals surface area (Å²) < 4.78 is 72.8. The van der Waals surface area contributed by atoms with Crippen LogP contribution in [0.25, 0.3) is 22.0 Å². The van der Waals surface area contributed by atoms with Gasteiger partial charge >= 0.3 is 6.18 Å². The van der Waals surface area contributed by atoms with Gasteiger partial charge in [0.1, 0.15) is 11.3 Å². The molecule has 1 aliphatic carbocycles. The molecule has 1 saturated carbocycles. The number of nitrogens with one attached hydrogen (secondary N) is 1. The van der Waals surface area contributed by atoms with Gasteiger partial charge in [0.05, 0.1) is 16.1 Å². The highest BCUT2D eigenvalue weighted by molar-refractivity contribution is 7.89. The first kappa shape index (κ1) is 18.9. The lowest BCUT2D eigenvalue weighted by Crippen LogP contribution is -2.47. The van der Waals surface area contributed by atoms with Crippen LogP contribution in [0.2, 0.25) is 0 Å². The Labute approximate surface area is 158 Å². The Morgan fingerprint density at radius 1 is 1.21 bits per heavy atom. The summed E-state index contributed by atoms with van der Waals surface area (Å²) in [6.45, 7) is 3.37. The molecule has 0 bridgehead atoms. The normalized spacial score (nSPS) is 16.5. The average Bonchev–Trinajstić information content (AvgIpc) is 3.32. The van der Waals surface area contributed by atoms with Crippen molar-refractivity contribution in [3.05, 3.63) is 41.9 Å². The van der Waals surface area contributed by atoms with Gasteiger partial charge < -0.3 is 4.52 Å². The van der Waals surface area contributed by atoms with Crippen molar-refractivity contribution in [2.75, 3.05) is 0 Å². The van der Waals surface area contributed by atoms with Gasteiger partial charge in [0.25, 0.3) is 0 Å².